The summed E-state index contributed by atoms with van der Waals surface area (Å²) in [5.41, 5.74) is 0.981. The van der Waals surface area contributed by atoms with Crippen LogP contribution in [0, 0.1) is 5.41 Å². The Morgan fingerprint density at radius 1 is 1.15 bits per heavy atom. The highest BCUT2D eigenvalue weighted by Gasteiger charge is 2.49. The van der Waals surface area contributed by atoms with E-state index in [2.05, 4.69) is 32.1 Å². The molecule has 6 rings (SSSR count). The lowest BCUT2D eigenvalue weighted by molar-refractivity contribution is 0.0385. The molecule has 10 nitrogen and oxygen atoms in total. The highest BCUT2D eigenvalue weighted by Crippen LogP contribution is 2.43. The van der Waals surface area contributed by atoms with Gasteiger partial charge in [-0.15, -0.1) is 0 Å². The van der Waals surface area contributed by atoms with Gasteiger partial charge in [-0.1, -0.05) is 11.8 Å². The van der Waals surface area contributed by atoms with Crippen LogP contribution < -0.4 is 10.2 Å². The highest BCUT2D eigenvalue weighted by molar-refractivity contribution is 7.99. The molecular formula is C28H33N7O3S. The van der Waals surface area contributed by atoms with Crippen LogP contribution in [0.3, 0.4) is 0 Å². The molecule has 39 heavy (non-hydrogen) atoms. The van der Waals surface area contributed by atoms with Gasteiger partial charge in [-0.2, -0.15) is 0 Å². The molecule has 4 aromatic rings. The van der Waals surface area contributed by atoms with Crippen molar-refractivity contribution in [3.05, 3.63) is 49.3 Å². The first kappa shape index (κ1) is 25.8. The number of pyridine rings is 2. The molecule has 2 aliphatic heterocycles. The molecule has 3 atom stereocenters. The van der Waals surface area contributed by atoms with E-state index in [0.717, 1.165) is 51.7 Å². The van der Waals surface area contributed by atoms with Gasteiger partial charge in [0.2, 0.25) is 5.95 Å². The van der Waals surface area contributed by atoms with Gasteiger partial charge in [-0.05, 0) is 52.7 Å². The van der Waals surface area contributed by atoms with E-state index in [0.29, 0.717) is 13.2 Å². The molecule has 2 saturated heterocycles. The number of aromatic nitrogens is 5. The number of nitrogens with zero attached hydrogens (tertiary/aromatic N) is 6. The van der Waals surface area contributed by atoms with Crippen LogP contribution in [0.15, 0.2) is 59.1 Å². The van der Waals surface area contributed by atoms with Gasteiger partial charge in [-0.3, -0.25) is 14.4 Å². The summed E-state index contributed by atoms with van der Waals surface area (Å²) in [6, 6.07) is 3.84. The smallest absolute Gasteiger partial charge is 0.407 e. The first-order valence-electron chi connectivity index (χ1n) is 13.3. The summed E-state index contributed by atoms with van der Waals surface area (Å²) in [5.74, 6) is 0.799. The normalized spacial score (nSPS) is 23.5. The lowest BCUT2D eigenvalue weighted by Crippen LogP contribution is -2.60. The van der Waals surface area contributed by atoms with Gasteiger partial charge in [0.15, 0.2) is 5.65 Å². The largest absolute Gasteiger partial charge is 0.444 e. The zero-order valence-electron chi connectivity index (χ0n) is 22.6. The number of hydrogen-bond donors (Lipinski definition) is 1. The van der Waals surface area contributed by atoms with Crippen molar-refractivity contribution in [1.29, 1.82) is 0 Å². The quantitative estimate of drug-likeness (QED) is 0.388. The SMILES string of the molecule is C[C@H]1CC2(CCN(c3ncc(Sc4ccnc5cnccc45)c4nccn34)CC2NC(=O)OC(C)(C)C)CO1. The maximum absolute atomic E-state index is 12.8. The molecule has 0 aromatic carbocycles. The average Bonchev–Trinajstić information content (AvgIpc) is 3.53. The highest BCUT2D eigenvalue weighted by atomic mass is 32.2. The van der Waals surface area contributed by atoms with Crippen molar-refractivity contribution in [3.63, 3.8) is 0 Å². The molecule has 11 heteroatoms. The van der Waals surface area contributed by atoms with Gasteiger partial charge in [-0.25, -0.2) is 14.8 Å². The number of alkyl carbamates (subject to hydrolysis) is 1. The molecule has 2 fully saturated rings. The minimum Gasteiger partial charge on any atom is -0.444 e. The Labute approximate surface area is 231 Å². The number of anilines is 1. The number of imidazole rings is 1. The van der Waals surface area contributed by atoms with E-state index in [4.69, 9.17) is 14.5 Å². The Kier molecular flexibility index (Phi) is 6.58. The third kappa shape index (κ3) is 5.12. The number of carbonyl (C=O) groups is 1. The molecule has 1 amide bonds. The van der Waals surface area contributed by atoms with Gasteiger partial charge in [0.1, 0.15) is 5.60 Å². The van der Waals surface area contributed by atoms with Crippen LogP contribution in [-0.4, -0.2) is 67.9 Å². The van der Waals surface area contributed by atoms with Crippen LogP contribution in [0.1, 0.15) is 40.5 Å². The van der Waals surface area contributed by atoms with E-state index >= 15 is 0 Å². The van der Waals surface area contributed by atoms with Crippen LogP contribution in [0.5, 0.6) is 0 Å². The second kappa shape index (κ2) is 9.95. The Morgan fingerprint density at radius 3 is 2.82 bits per heavy atom. The van der Waals surface area contributed by atoms with Crippen molar-refractivity contribution in [2.24, 2.45) is 5.41 Å². The second-order valence-corrected chi connectivity index (χ2v) is 12.5. The summed E-state index contributed by atoms with van der Waals surface area (Å²) in [7, 11) is 0. The van der Waals surface area contributed by atoms with E-state index in [1.807, 2.05) is 49.7 Å². The number of nitrogens with one attached hydrogen (secondary N) is 1. The number of piperidine rings is 1. The lowest BCUT2D eigenvalue weighted by Gasteiger charge is -2.45. The number of carbonyl (C=O) groups excluding carboxylic acids is 1. The predicted octanol–water partition coefficient (Wildman–Crippen LogP) is 4.72. The van der Waals surface area contributed by atoms with Gasteiger partial charge >= 0.3 is 6.09 Å². The molecule has 2 aliphatic rings. The van der Waals surface area contributed by atoms with Crippen LogP contribution in [0.2, 0.25) is 0 Å². The van der Waals surface area contributed by atoms with E-state index in [1.54, 1.807) is 36.5 Å². The fourth-order valence-electron chi connectivity index (χ4n) is 5.65. The molecule has 6 heterocycles. The summed E-state index contributed by atoms with van der Waals surface area (Å²) in [4.78, 5) is 35.3. The lowest BCUT2D eigenvalue weighted by atomic mass is 9.73. The van der Waals surface area contributed by atoms with Gasteiger partial charge in [0.25, 0.3) is 0 Å². The Balaban J connectivity index is 1.29. The molecular weight excluding hydrogens is 514 g/mol. The summed E-state index contributed by atoms with van der Waals surface area (Å²) in [5, 5.41) is 4.22. The molecule has 204 valence electrons. The Hall–Kier alpha value is -3.44. The first-order chi connectivity index (χ1) is 18.7. The number of amides is 1. The third-order valence-corrected chi connectivity index (χ3v) is 8.53. The number of hydrogen-bond acceptors (Lipinski definition) is 9. The minimum atomic E-state index is -0.570. The maximum atomic E-state index is 12.8. The van der Waals surface area contributed by atoms with E-state index in [-0.39, 0.29) is 17.6 Å². The fourth-order valence-corrected chi connectivity index (χ4v) is 6.65. The molecule has 0 radical (unpaired) electrons. The zero-order chi connectivity index (χ0) is 27.2. The number of fused-ring (bicyclic) bond motifs is 2. The molecule has 0 aliphatic carbocycles. The topological polar surface area (TPSA) is 107 Å². The summed E-state index contributed by atoms with van der Waals surface area (Å²) in [6.45, 7) is 9.76. The number of rotatable bonds is 4. The van der Waals surface area contributed by atoms with Crippen molar-refractivity contribution in [3.8, 4) is 0 Å². The minimum absolute atomic E-state index is 0.131. The third-order valence-electron chi connectivity index (χ3n) is 7.44. The molecule has 4 aromatic heterocycles. The van der Waals surface area contributed by atoms with E-state index in [1.165, 1.54) is 0 Å². The van der Waals surface area contributed by atoms with Crippen LogP contribution >= 0.6 is 11.8 Å². The second-order valence-electron chi connectivity index (χ2n) is 11.4. The summed E-state index contributed by atoms with van der Waals surface area (Å²) >= 11 is 1.61. The van der Waals surface area contributed by atoms with Crippen molar-refractivity contribution in [2.75, 3.05) is 24.6 Å². The van der Waals surface area contributed by atoms with Gasteiger partial charge in [0, 0.05) is 59.8 Å². The number of ether oxygens (including phenoxy) is 2. The van der Waals surface area contributed by atoms with Crippen LogP contribution in [-0.2, 0) is 9.47 Å². The standard InChI is InChI=1S/C28H33N7O3S/c1-18-13-28(17-37-18)7-11-34(16-23(28)33-26(36)38-27(2,3)4)25-32-15-22(24-31-10-12-35(24)25)39-21-6-9-30-20-14-29-8-5-19(20)21/h5-6,8-10,12,14-15,18,23H,7,11,13,16-17H2,1-4H3,(H,33,36)/t18-,23?,28?/m0/s1. The molecule has 1 N–H and O–H groups in total. The fraction of sp³-hybridized carbons (Fsp3) is 0.464. The molecule has 1 spiro atoms. The van der Waals surface area contributed by atoms with Crippen molar-refractivity contribution in [2.45, 2.75) is 68.1 Å². The summed E-state index contributed by atoms with van der Waals surface area (Å²) in [6.07, 6.45) is 12.5. The van der Waals surface area contributed by atoms with Gasteiger partial charge < -0.3 is 19.7 Å². The predicted molar refractivity (Wildman–Crippen MR) is 149 cm³/mol. The van der Waals surface area contributed by atoms with Crippen LogP contribution in [0.4, 0.5) is 10.7 Å². The average molecular weight is 548 g/mol. The maximum Gasteiger partial charge on any atom is 0.407 e. The monoisotopic (exact) mass is 547 g/mol. The first-order valence-corrected chi connectivity index (χ1v) is 14.1. The Morgan fingerprint density at radius 2 is 2.03 bits per heavy atom. The molecule has 0 bridgehead atoms. The van der Waals surface area contributed by atoms with E-state index < -0.39 is 11.7 Å². The Bertz CT molecular complexity index is 1510. The van der Waals surface area contributed by atoms with Crippen molar-refractivity contribution >= 4 is 40.4 Å². The van der Waals surface area contributed by atoms with Gasteiger partial charge in [0.05, 0.1) is 35.4 Å². The van der Waals surface area contributed by atoms with Crippen molar-refractivity contribution < 1.29 is 14.3 Å². The molecule has 0 saturated carbocycles. The van der Waals surface area contributed by atoms with E-state index in [9.17, 15) is 4.79 Å². The van der Waals surface area contributed by atoms with Crippen molar-refractivity contribution in [1.82, 2.24) is 29.7 Å². The van der Waals surface area contributed by atoms with Crippen LogP contribution in [0.25, 0.3) is 16.6 Å². The summed E-state index contributed by atoms with van der Waals surface area (Å²) < 4.78 is 13.7. The molecule has 2 unspecified atom stereocenters. The zero-order valence-corrected chi connectivity index (χ0v) is 23.4.